The molecule has 2 aliphatic carbocycles. The molecule has 7 nitrogen and oxygen atoms in total. The standard InChI is InChI=1S/C30H37NO6/c1-15-12-17(3)30(36)22-23(27(5,13-15)37-30)28(35)14-16(2)18(4)21-20(19-10-8-7-9-11-19)25(33)31(6)26(34)29(21,28)24(22)32/h7-11,14-15,17-18,20-23,35-36H,12-13H2,1-6H3/t15-,17+,18-,20+,21+,22-,23-,27+,28-,29-,30-/m1/s1. The Balaban J connectivity index is 1.68. The number of ether oxygens (including phenoxy) is 1. The number of aliphatic hydroxyl groups is 2. The molecule has 4 fully saturated rings. The Kier molecular flexibility index (Phi) is 4.99. The maximum Gasteiger partial charge on any atom is 0.246 e. The van der Waals surface area contributed by atoms with Gasteiger partial charge in [-0.15, -0.1) is 0 Å². The number of hydrogen-bond donors (Lipinski definition) is 2. The van der Waals surface area contributed by atoms with Crippen LogP contribution in [0.3, 0.4) is 0 Å². The van der Waals surface area contributed by atoms with Crippen molar-refractivity contribution >= 4 is 17.6 Å². The van der Waals surface area contributed by atoms with Gasteiger partial charge in [0.2, 0.25) is 11.8 Å². The maximum atomic E-state index is 14.9. The summed E-state index contributed by atoms with van der Waals surface area (Å²) in [7, 11) is 1.41. The second kappa shape index (κ2) is 7.39. The van der Waals surface area contributed by atoms with Crippen LogP contribution in [0.25, 0.3) is 0 Å². The smallest absolute Gasteiger partial charge is 0.246 e. The number of amides is 2. The highest BCUT2D eigenvalue weighted by Gasteiger charge is 2.87. The number of ketones is 1. The van der Waals surface area contributed by atoms with Gasteiger partial charge in [-0.25, -0.2) is 0 Å². The number of benzene rings is 1. The molecule has 0 radical (unpaired) electrons. The number of carbonyl (C=O) groups is 3. The summed E-state index contributed by atoms with van der Waals surface area (Å²) in [4.78, 5) is 44.1. The molecule has 37 heavy (non-hydrogen) atoms. The average Bonchev–Trinajstić information content (AvgIpc) is 3.16. The molecule has 2 N–H and O–H groups in total. The zero-order chi connectivity index (χ0) is 26.9. The van der Waals surface area contributed by atoms with E-state index in [1.807, 2.05) is 58.0 Å². The Labute approximate surface area is 217 Å². The van der Waals surface area contributed by atoms with Crippen molar-refractivity contribution in [1.82, 2.24) is 4.90 Å². The minimum Gasteiger partial charge on any atom is -0.384 e. The van der Waals surface area contributed by atoms with E-state index in [9.17, 15) is 24.6 Å². The Morgan fingerprint density at radius 2 is 1.70 bits per heavy atom. The highest BCUT2D eigenvalue weighted by Crippen LogP contribution is 2.73. The molecule has 1 aromatic carbocycles. The van der Waals surface area contributed by atoms with E-state index >= 15 is 0 Å². The molecule has 5 aliphatic rings. The molecule has 0 unspecified atom stereocenters. The lowest BCUT2D eigenvalue weighted by Gasteiger charge is -2.58. The van der Waals surface area contributed by atoms with Crippen molar-refractivity contribution in [3.8, 4) is 0 Å². The zero-order valence-corrected chi connectivity index (χ0v) is 22.4. The first-order chi connectivity index (χ1) is 17.3. The number of likely N-dealkylation sites (N-methyl/N-ethyl adjacent to an activating group) is 1. The number of imide groups is 1. The number of piperidine rings is 1. The number of carbonyl (C=O) groups excluding carboxylic acids is 3. The molecule has 0 aromatic heterocycles. The summed E-state index contributed by atoms with van der Waals surface area (Å²) in [5.41, 5.74) is -3.30. The topological polar surface area (TPSA) is 104 Å². The Hall–Kier alpha value is -2.35. The van der Waals surface area contributed by atoms with Crippen molar-refractivity contribution in [3.05, 3.63) is 47.5 Å². The van der Waals surface area contributed by atoms with E-state index in [0.717, 1.165) is 10.5 Å². The number of Topliss-reactive ketones (excluding diaryl/α,β-unsaturated/α-hetero) is 1. The first kappa shape index (κ1) is 25.0. The lowest BCUT2D eigenvalue weighted by molar-refractivity contribution is -0.260. The second-order valence-electron chi connectivity index (χ2n) is 12.9. The summed E-state index contributed by atoms with van der Waals surface area (Å²) in [6.07, 6.45) is 2.91. The van der Waals surface area contributed by atoms with Gasteiger partial charge < -0.3 is 14.9 Å². The summed E-state index contributed by atoms with van der Waals surface area (Å²) in [5.74, 6) is -7.32. The fourth-order valence-electron chi connectivity index (χ4n) is 9.43. The first-order valence-corrected chi connectivity index (χ1v) is 13.5. The van der Waals surface area contributed by atoms with Crippen molar-refractivity contribution in [2.45, 2.75) is 70.4 Å². The van der Waals surface area contributed by atoms with Crippen molar-refractivity contribution < 1.29 is 29.3 Å². The lowest BCUT2D eigenvalue weighted by Crippen LogP contribution is -2.72. The van der Waals surface area contributed by atoms with E-state index in [4.69, 9.17) is 4.74 Å². The van der Waals surface area contributed by atoms with Crippen LogP contribution in [0, 0.1) is 40.9 Å². The lowest BCUT2D eigenvalue weighted by atomic mass is 9.48. The number of rotatable bonds is 1. The highest BCUT2D eigenvalue weighted by molar-refractivity contribution is 6.18. The predicted octanol–water partition coefficient (Wildman–Crippen LogP) is 3.06. The summed E-state index contributed by atoms with van der Waals surface area (Å²) < 4.78 is 6.42. The third-order valence-electron chi connectivity index (χ3n) is 10.8. The monoisotopic (exact) mass is 507 g/mol. The minimum absolute atomic E-state index is 0.192. The number of likely N-dealkylation sites (tertiary alicyclic amines) is 1. The van der Waals surface area contributed by atoms with Crippen LogP contribution in [0.1, 0.15) is 58.9 Å². The van der Waals surface area contributed by atoms with Crippen LogP contribution in [0.4, 0.5) is 0 Å². The zero-order valence-electron chi connectivity index (χ0n) is 22.4. The largest absolute Gasteiger partial charge is 0.384 e. The van der Waals surface area contributed by atoms with Crippen LogP contribution in [0.2, 0.25) is 0 Å². The third kappa shape index (κ3) is 2.66. The first-order valence-electron chi connectivity index (χ1n) is 13.5. The van der Waals surface area contributed by atoms with Crippen LogP contribution in [-0.4, -0.2) is 56.7 Å². The van der Waals surface area contributed by atoms with Gasteiger partial charge in [0.1, 0.15) is 11.0 Å². The van der Waals surface area contributed by atoms with Crippen molar-refractivity contribution in [1.29, 1.82) is 0 Å². The van der Waals surface area contributed by atoms with E-state index < -0.39 is 57.8 Å². The number of fused-ring (bicyclic) bond motifs is 6. The van der Waals surface area contributed by atoms with Gasteiger partial charge in [0, 0.05) is 24.8 Å². The van der Waals surface area contributed by atoms with Crippen molar-refractivity contribution in [2.24, 2.45) is 40.9 Å². The molecule has 198 valence electrons. The SMILES string of the molecule is CC1=C[C@@]2(O)[C@@H]3[C@H](C(=O)[C@]24C(=O)N(C)C(=O)[C@@H](c2ccccc2)[C@@H]4[C@@H]1C)[C@]1(O)O[C@@]3(C)C[C@H](C)C[C@@H]1C. The number of allylic oxidation sites excluding steroid dienone is 1. The number of hydrogen-bond acceptors (Lipinski definition) is 6. The molecule has 3 saturated heterocycles. The molecular weight excluding hydrogens is 470 g/mol. The number of nitrogens with zero attached hydrogens (tertiary/aromatic N) is 1. The van der Waals surface area contributed by atoms with Gasteiger partial charge in [0.05, 0.1) is 17.4 Å². The van der Waals surface area contributed by atoms with Crippen molar-refractivity contribution in [3.63, 3.8) is 0 Å². The summed E-state index contributed by atoms with van der Waals surface area (Å²) >= 11 is 0. The van der Waals surface area contributed by atoms with Crippen LogP contribution < -0.4 is 0 Å². The van der Waals surface area contributed by atoms with E-state index in [-0.39, 0.29) is 23.7 Å². The molecule has 1 saturated carbocycles. The van der Waals surface area contributed by atoms with E-state index in [1.54, 1.807) is 6.08 Å². The van der Waals surface area contributed by atoms with Gasteiger partial charge in [-0.1, -0.05) is 62.8 Å². The summed E-state index contributed by atoms with van der Waals surface area (Å²) in [6.45, 7) is 9.68. The normalized spacial score (nSPS) is 50.8. The van der Waals surface area contributed by atoms with Crippen LogP contribution in [-0.2, 0) is 19.1 Å². The quantitative estimate of drug-likeness (QED) is 0.344. The average molecular weight is 508 g/mol. The molecular formula is C30H37NO6. The van der Waals surface area contributed by atoms with Gasteiger partial charge in [0.25, 0.3) is 0 Å². The molecule has 7 heteroatoms. The van der Waals surface area contributed by atoms with E-state index in [1.165, 1.54) is 7.05 Å². The Morgan fingerprint density at radius 1 is 1.05 bits per heavy atom. The Morgan fingerprint density at radius 3 is 2.35 bits per heavy atom. The maximum absolute atomic E-state index is 14.9. The molecule has 2 amide bonds. The highest BCUT2D eigenvalue weighted by atomic mass is 16.7. The summed E-state index contributed by atoms with van der Waals surface area (Å²) in [5, 5.41) is 25.0. The van der Waals surface area contributed by atoms with Gasteiger partial charge in [0.15, 0.2) is 11.6 Å². The molecule has 1 aromatic rings. The van der Waals surface area contributed by atoms with Crippen LogP contribution >= 0.6 is 0 Å². The predicted molar refractivity (Wildman–Crippen MR) is 135 cm³/mol. The van der Waals surface area contributed by atoms with Crippen LogP contribution in [0.5, 0.6) is 0 Å². The third-order valence-corrected chi connectivity index (χ3v) is 10.8. The molecule has 1 spiro atoms. The van der Waals surface area contributed by atoms with Crippen LogP contribution in [0.15, 0.2) is 42.0 Å². The molecule has 2 bridgehead atoms. The van der Waals surface area contributed by atoms with Gasteiger partial charge in [-0.2, -0.15) is 0 Å². The fraction of sp³-hybridized carbons (Fsp3) is 0.633. The molecule has 6 rings (SSSR count). The molecule has 3 heterocycles. The van der Waals surface area contributed by atoms with Crippen molar-refractivity contribution in [2.75, 3.05) is 7.05 Å². The minimum atomic E-state index is -1.91. The van der Waals surface area contributed by atoms with Gasteiger partial charge in [-0.05, 0) is 44.1 Å². The molecule has 11 atom stereocenters. The second-order valence-corrected chi connectivity index (χ2v) is 12.9. The summed E-state index contributed by atoms with van der Waals surface area (Å²) in [6, 6.07) is 9.24. The van der Waals surface area contributed by atoms with E-state index in [2.05, 4.69) is 6.92 Å². The fourth-order valence-corrected chi connectivity index (χ4v) is 9.43. The van der Waals surface area contributed by atoms with E-state index in [0.29, 0.717) is 18.4 Å². The van der Waals surface area contributed by atoms with Gasteiger partial charge in [-0.3, -0.25) is 19.3 Å². The van der Waals surface area contributed by atoms with Gasteiger partial charge >= 0.3 is 0 Å². The molecule has 3 aliphatic heterocycles. The Bertz CT molecular complexity index is 1240.